The fraction of sp³-hybridized carbons (Fsp3) is 0.133. The molecular weight excluding hydrogens is 288 g/mol. The van der Waals surface area contributed by atoms with Crippen LogP contribution < -0.4 is 0 Å². The lowest BCUT2D eigenvalue weighted by Gasteiger charge is -1.98. The van der Waals surface area contributed by atoms with Crippen molar-refractivity contribution in [1.82, 2.24) is 4.98 Å². The number of carbonyl (C=O) groups is 1. The molecule has 0 saturated heterocycles. The van der Waals surface area contributed by atoms with Gasteiger partial charge in [-0.3, -0.25) is 10.1 Å². The number of nitrogens with zero attached hydrogens (tertiary/aromatic N) is 1. The van der Waals surface area contributed by atoms with Gasteiger partial charge in [0.25, 0.3) is 5.69 Å². The third kappa shape index (κ3) is 2.44. The van der Waals surface area contributed by atoms with E-state index in [1.54, 1.807) is 31.2 Å². The molecule has 0 fully saturated rings. The van der Waals surface area contributed by atoms with Crippen molar-refractivity contribution in [1.29, 1.82) is 0 Å². The molecule has 2 aromatic heterocycles. The van der Waals surface area contributed by atoms with Gasteiger partial charge in [-0.25, -0.2) is 4.79 Å². The number of esters is 1. The maximum atomic E-state index is 11.6. The van der Waals surface area contributed by atoms with Crippen molar-refractivity contribution in [2.75, 3.05) is 6.61 Å². The van der Waals surface area contributed by atoms with Crippen molar-refractivity contribution < 1.29 is 18.9 Å². The van der Waals surface area contributed by atoms with E-state index in [4.69, 9.17) is 9.15 Å². The van der Waals surface area contributed by atoms with Crippen LogP contribution in [0.5, 0.6) is 0 Å². The van der Waals surface area contributed by atoms with E-state index in [0.29, 0.717) is 34.7 Å². The molecule has 0 amide bonds. The number of aromatic amines is 1. The first-order chi connectivity index (χ1) is 10.6. The molecule has 2 heterocycles. The van der Waals surface area contributed by atoms with Crippen LogP contribution in [-0.4, -0.2) is 22.5 Å². The number of rotatable bonds is 4. The van der Waals surface area contributed by atoms with Crippen molar-refractivity contribution in [3.63, 3.8) is 0 Å². The second-order valence-corrected chi connectivity index (χ2v) is 4.60. The van der Waals surface area contributed by atoms with Crippen LogP contribution in [0.15, 0.2) is 40.8 Å². The number of nitro benzene ring substituents is 1. The van der Waals surface area contributed by atoms with Crippen LogP contribution in [0.1, 0.15) is 17.4 Å². The van der Waals surface area contributed by atoms with E-state index in [1.807, 2.05) is 0 Å². The molecule has 0 aliphatic rings. The predicted octanol–water partition coefficient (Wildman–Crippen LogP) is 3.51. The van der Waals surface area contributed by atoms with E-state index in [-0.39, 0.29) is 5.69 Å². The van der Waals surface area contributed by atoms with Crippen molar-refractivity contribution in [2.45, 2.75) is 6.92 Å². The summed E-state index contributed by atoms with van der Waals surface area (Å²) < 4.78 is 10.6. The van der Waals surface area contributed by atoms with Gasteiger partial charge in [0, 0.05) is 29.8 Å². The van der Waals surface area contributed by atoms with Gasteiger partial charge < -0.3 is 14.1 Å². The molecule has 0 radical (unpaired) electrons. The smallest absolute Gasteiger partial charge is 0.354 e. The molecular formula is C15H12N2O5. The monoisotopic (exact) mass is 300 g/mol. The number of fused-ring (bicyclic) bond motifs is 1. The van der Waals surface area contributed by atoms with Crippen LogP contribution in [0.25, 0.3) is 22.4 Å². The summed E-state index contributed by atoms with van der Waals surface area (Å²) >= 11 is 0. The molecule has 0 unspecified atom stereocenters. The Morgan fingerprint density at radius 1 is 1.32 bits per heavy atom. The van der Waals surface area contributed by atoms with Crippen LogP contribution >= 0.6 is 0 Å². The first-order valence-electron chi connectivity index (χ1n) is 6.63. The van der Waals surface area contributed by atoms with Gasteiger partial charge in [0.2, 0.25) is 0 Å². The predicted molar refractivity (Wildman–Crippen MR) is 78.6 cm³/mol. The fourth-order valence-corrected chi connectivity index (χ4v) is 2.13. The average molecular weight is 300 g/mol. The highest BCUT2D eigenvalue weighted by Gasteiger charge is 2.15. The van der Waals surface area contributed by atoms with E-state index in [2.05, 4.69) is 4.98 Å². The first-order valence-corrected chi connectivity index (χ1v) is 6.63. The van der Waals surface area contributed by atoms with E-state index in [9.17, 15) is 14.9 Å². The van der Waals surface area contributed by atoms with Crippen LogP contribution in [0.4, 0.5) is 5.69 Å². The number of benzene rings is 1. The third-order valence-corrected chi connectivity index (χ3v) is 3.16. The van der Waals surface area contributed by atoms with Crippen LogP contribution in [0.2, 0.25) is 0 Å². The molecule has 112 valence electrons. The SMILES string of the molecule is CCOC(=O)c1cc2oc(-c3ccc([N+](=O)[O-])cc3)cc2[nH]1. The Bertz CT molecular complexity index is 813. The molecule has 3 rings (SSSR count). The summed E-state index contributed by atoms with van der Waals surface area (Å²) in [7, 11) is 0. The van der Waals surface area contributed by atoms with Gasteiger partial charge in [0.1, 0.15) is 11.5 Å². The summed E-state index contributed by atoms with van der Waals surface area (Å²) in [5.74, 6) is 0.123. The molecule has 3 aromatic rings. The number of nitro groups is 1. The van der Waals surface area contributed by atoms with Gasteiger partial charge in [-0.1, -0.05) is 0 Å². The number of non-ortho nitro benzene ring substituents is 1. The Balaban J connectivity index is 1.90. The topological polar surface area (TPSA) is 98.4 Å². The van der Waals surface area contributed by atoms with Gasteiger partial charge in [-0.15, -0.1) is 0 Å². The van der Waals surface area contributed by atoms with Crippen LogP contribution in [0, 0.1) is 10.1 Å². The molecule has 0 saturated carbocycles. The van der Waals surface area contributed by atoms with Crippen molar-refractivity contribution >= 4 is 22.8 Å². The molecule has 1 N–H and O–H groups in total. The van der Waals surface area contributed by atoms with Crippen molar-refractivity contribution in [3.8, 4) is 11.3 Å². The zero-order valence-corrected chi connectivity index (χ0v) is 11.7. The highest BCUT2D eigenvalue weighted by molar-refractivity contribution is 5.94. The number of H-pyrrole nitrogens is 1. The summed E-state index contributed by atoms with van der Waals surface area (Å²) in [4.78, 5) is 24.7. The lowest BCUT2D eigenvalue weighted by molar-refractivity contribution is -0.384. The minimum atomic E-state index is -0.457. The number of furan rings is 1. The standard InChI is InChI=1S/C15H12N2O5/c1-2-21-15(18)12-8-14-11(16-12)7-13(22-14)9-3-5-10(6-4-9)17(19)20/h3-8,16H,2H2,1H3. The van der Waals surface area contributed by atoms with E-state index in [0.717, 1.165) is 0 Å². The summed E-state index contributed by atoms with van der Waals surface area (Å²) in [6, 6.07) is 9.36. The van der Waals surface area contributed by atoms with Crippen LogP contribution in [-0.2, 0) is 4.74 Å². The molecule has 7 heteroatoms. The van der Waals surface area contributed by atoms with Crippen molar-refractivity contribution in [2.24, 2.45) is 0 Å². The van der Waals surface area contributed by atoms with E-state index < -0.39 is 10.9 Å². The third-order valence-electron chi connectivity index (χ3n) is 3.16. The molecule has 7 nitrogen and oxygen atoms in total. The largest absolute Gasteiger partial charge is 0.461 e. The summed E-state index contributed by atoms with van der Waals surface area (Å²) in [5.41, 5.74) is 2.25. The molecule has 1 aromatic carbocycles. The highest BCUT2D eigenvalue weighted by Crippen LogP contribution is 2.29. The minimum Gasteiger partial charge on any atom is -0.461 e. The average Bonchev–Trinajstić information content (AvgIpc) is 3.06. The first kappa shape index (κ1) is 13.9. The Morgan fingerprint density at radius 2 is 2.05 bits per heavy atom. The summed E-state index contributed by atoms with van der Waals surface area (Å²) in [5, 5.41) is 10.6. The Morgan fingerprint density at radius 3 is 2.64 bits per heavy atom. The maximum Gasteiger partial charge on any atom is 0.354 e. The Kier molecular flexibility index (Phi) is 3.38. The lowest BCUT2D eigenvalue weighted by atomic mass is 10.1. The number of ether oxygens (including phenoxy) is 1. The number of hydrogen-bond donors (Lipinski definition) is 1. The second-order valence-electron chi connectivity index (χ2n) is 4.60. The number of nitrogens with one attached hydrogen (secondary N) is 1. The molecule has 22 heavy (non-hydrogen) atoms. The van der Waals surface area contributed by atoms with Crippen LogP contribution in [0.3, 0.4) is 0 Å². The van der Waals surface area contributed by atoms with E-state index >= 15 is 0 Å². The zero-order chi connectivity index (χ0) is 15.7. The van der Waals surface area contributed by atoms with Gasteiger partial charge in [-0.2, -0.15) is 0 Å². The summed E-state index contributed by atoms with van der Waals surface area (Å²) in [6.45, 7) is 2.03. The number of hydrogen-bond acceptors (Lipinski definition) is 5. The molecule has 0 bridgehead atoms. The molecule has 0 atom stereocenters. The zero-order valence-electron chi connectivity index (χ0n) is 11.7. The van der Waals surface area contributed by atoms with Gasteiger partial charge in [-0.05, 0) is 19.1 Å². The lowest BCUT2D eigenvalue weighted by Crippen LogP contribution is -2.04. The van der Waals surface area contributed by atoms with Gasteiger partial charge in [0.05, 0.1) is 17.0 Å². The minimum absolute atomic E-state index is 0.0189. The van der Waals surface area contributed by atoms with Gasteiger partial charge >= 0.3 is 5.97 Å². The van der Waals surface area contributed by atoms with Crippen molar-refractivity contribution in [3.05, 3.63) is 52.2 Å². The Hall–Kier alpha value is -3.09. The maximum absolute atomic E-state index is 11.6. The molecule has 0 aliphatic carbocycles. The highest BCUT2D eigenvalue weighted by atomic mass is 16.6. The van der Waals surface area contributed by atoms with Gasteiger partial charge in [0.15, 0.2) is 5.58 Å². The number of carbonyl (C=O) groups excluding carboxylic acids is 1. The molecule has 0 aliphatic heterocycles. The quantitative estimate of drug-likeness (QED) is 0.451. The van der Waals surface area contributed by atoms with E-state index in [1.165, 1.54) is 12.1 Å². The fourth-order valence-electron chi connectivity index (χ4n) is 2.13. The Labute approximate surface area is 124 Å². The second kappa shape index (κ2) is 5.36. The summed E-state index contributed by atoms with van der Waals surface area (Å²) in [6.07, 6.45) is 0. The molecule has 0 spiro atoms. The number of aromatic nitrogens is 1. The normalized spacial score (nSPS) is 10.8.